The van der Waals surface area contributed by atoms with Crippen LogP contribution >= 0.6 is 11.6 Å². The second kappa shape index (κ2) is 5.53. The molecule has 0 saturated heterocycles. The standard InChI is InChI=1S/C16H18ClNO3/c1-9-6-7-10(8-11(9)17)14-18-13(16(2,3)4)12(21-14)15(19)20-5/h6-8H,1-5H3. The summed E-state index contributed by atoms with van der Waals surface area (Å²) in [6, 6.07) is 5.52. The highest BCUT2D eigenvalue weighted by molar-refractivity contribution is 6.31. The second-order valence-electron chi connectivity index (χ2n) is 5.90. The van der Waals surface area contributed by atoms with Gasteiger partial charge < -0.3 is 9.15 Å². The summed E-state index contributed by atoms with van der Waals surface area (Å²) < 4.78 is 10.4. The van der Waals surface area contributed by atoms with E-state index < -0.39 is 5.97 Å². The summed E-state index contributed by atoms with van der Waals surface area (Å²) in [5.41, 5.74) is 1.93. The predicted molar refractivity (Wildman–Crippen MR) is 81.7 cm³/mol. The molecule has 0 fully saturated rings. The zero-order valence-corrected chi connectivity index (χ0v) is 13.5. The monoisotopic (exact) mass is 307 g/mol. The number of halogens is 1. The van der Waals surface area contributed by atoms with Gasteiger partial charge in [0.1, 0.15) is 5.69 Å². The lowest BCUT2D eigenvalue weighted by atomic mass is 9.91. The average Bonchev–Trinajstić information content (AvgIpc) is 2.86. The molecule has 112 valence electrons. The SMILES string of the molecule is COC(=O)c1oc(-c2ccc(C)c(Cl)c2)nc1C(C)(C)C. The lowest BCUT2D eigenvalue weighted by Gasteiger charge is -2.15. The molecular formula is C16H18ClNO3. The van der Waals surface area contributed by atoms with Crippen molar-refractivity contribution in [1.29, 1.82) is 0 Å². The van der Waals surface area contributed by atoms with Crippen LogP contribution in [0.2, 0.25) is 5.02 Å². The van der Waals surface area contributed by atoms with Crippen molar-refractivity contribution >= 4 is 17.6 Å². The molecule has 0 bridgehead atoms. The molecule has 1 aromatic heterocycles. The van der Waals surface area contributed by atoms with Crippen LogP contribution in [0.15, 0.2) is 22.6 Å². The van der Waals surface area contributed by atoms with E-state index in [1.54, 1.807) is 6.07 Å². The van der Waals surface area contributed by atoms with Gasteiger partial charge >= 0.3 is 5.97 Å². The minimum Gasteiger partial charge on any atom is -0.463 e. The molecular weight excluding hydrogens is 290 g/mol. The number of nitrogens with zero attached hydrogens (tertiary/aromatic N) is 1. The van der Waals surface area contributed by atoms with E-state index in [4.69, 9.17) is 20.8 Å². The van der Waals surface area contributed by atoms with Gasteiger partial charge in [-0.15, -0.1) is 0 Å². The molecule has 0 radical (unpaired) electrons. The van der Waals surface area contributed by atoms with E-state index in [0.717, 1.165) is 11.1 Å². The van der Waals surface area contributed by atoms with E-state index in [0.29, 0.717) is 16.6 Å². The smallest absolute Gasteiger partial charge is 0.376 e. The number of aryl methyl sites for hydroxylation is 1. The molecule has 0 unspecified atom stereocenters. The molecule has 4 nitrogen and oxygen atoms in total. The summed E-state index contributed by atoms with van der Waals surface area (Å²) in [5, 5.41) is 0.627. The summed E-state index contributed by atoms with van der Waals surface area (Å²) in [6.45, 7) is 7.80. The molecule has 0 amide bonds. The Balaban J connectivity index is 2.58. The average molecular weight is 308 g/mol. The van der Waals surface area contributed by atoms with Crippen LogP contribution < -0.4 is 0 Å². The van der Waals surface area contributed by atoms with Gasteiger partial charge in [-0.05, 0) is 24.6 Å². The Labute approximate surface area is 129 Å². The largest absolute Gasteiger partial charge is 0.463 e. The molecule has 0 spiro atoms. The molecule has 1 heterocycles. The van der Waals surface area contributed by atoms with Crippen LogP contribution in [0.4, 0.5) is 0 Å². The molecule has 0 atom stereocenters. The third-order valence-electron chi connectivity index (χ3n) is 3.13. The summed E-state index contributed by atoms with van der Waals surface area (Å²) in [4.78, 5) is 16.3. The minimum atomic E-state index is -0.531. The Morgan fingerprint density at radius 1 is 1.33 bits per heavy atom. The van der Waals surface area contributed by atoms with Crippen molar-refractivity contribution in [2.75, 3.05) is 7.11 Å². The van der Waals surface area contributed by atoms with E-state index in [1.807, 2.05) is 39.8 Å². The van der Waals surface area contributed by atoms with Crippen molar-refractivity contribution in [1.82, 2.24) is 4.98 Å². The first-order chi connectivity index (χ1) is 9.74. The van der Waals surface area contributed by atoms with Gasteiger partial charge in [0.15, 0.2) is 0 Å². The van der Waals surface area contributed by atoms with E-state index in [-0.39, 0.29) is 11.2 Å². The third-order valence-corrected chi connectivity index (χ3v) is 3.53. The Hall–Kier alpha value is -1.81. The summed E-state index contributed by atoms with van der Waals surface area (Å²) in [7, 11) is 1.32. The molecule has 5 heteroatoms. The van der Waals surface area contributed by atoms with Crippen LogP contribution in [0, 0.1) is 6.92 Å². The van der Waals surface area contributed by atoms with Crippen molar-refractivity contribution in [3.63, 3.8) is 0 Å². The fourth-order valence-electron chi connectivity index (χ4n) is 1.91. The van der Waals surface area contributed by atoms with Crippen LogP contribution in [0.5, 0.6) is 0 Å². The van der Waals surface area contributed by atoms with Crippen LogP contribution in [-0.2, 0) is 10.2 Å². The van der Waals surface area contributed by atoms with Crippen molar-refractivity contribution in [3.8, 4) is 11.5 Å². The molecule has 0 aliphatic carbocycles. The number of esters is 1. The maximum atomic E-state index is 11.9. The number of benzene rings is 1. The maximum absolute atomic E-state index is 11.9. The van der Waals surface area contributed by atoms with Crippen LogP contribution in [0.1, 0.15) is 42.6 Å². The highest BCUT2D eigenvalue weighted by atomic mass is 35.5. The van der Waals surface area contributed by atoms with Gasteiger partial charge in [0, 0.05) is 16.0 Å². The summed E-state index contributed by atoms with van der Waals surface area (Å²) >= 11 is 6.13. The number of rotatable bonds is 2. The fourth-order valence-corrected chi connectivity index (χ4v) is 2.09. The molecule has 21 heavy (non-hydrogen) atoms. The molecule has 0 aliphatic rings. The summed E-state index contributed by atoms with van der Waals surface area (Å²) in [6.07, 6.45) is 0. The van der Waals surface area contributed by atoms with Crippen molar-refractivity contribution in [2.24, 2.45) is 0 Å². The van der Waals surface area contributed by atoms with Crippen molar-refractivity contribution in [2.45, 2.75) is 33.1 Å². The van der Waals surface area contributed by atoms with Gasteiger partial charge in [-0.3, -0.25) is 0 Å². The first-order valence-electron chi connectivity index (χ1n) is 6.60. The lowest BCUT2D eigenvalue weighted by molar-refractivity contribution is 0.0562. The number of methoxy groups -OCH3 is 1. The van der Waals surface area contributed by atoms with E-state index in [2.05, 4.69) is 4.98 Å². The first-order valence-corrected chi connectivity index (χ1v) is 6.98. The number of oxazole rings is 1. The van der Waals surface area contributed by atoms with Gasteiger partial charge in [-0.1, -0.05) is 38.4 Å². The molecule has 2 rings (SSSR count). The summed E-state index contributed by atoms with van der Waals surface area (Å²) in [5.74, 6) is -0.0317. The molecule has 2 aromatic rings. The number of ether oxygens (including phenoxy) is 1. The minimum absolute atomic E-state index is 0.136. The van der Waals surface area contributed by atoms with Crippen molar-refractivity contribution in [3.05, 3.63) is 40.2 Å². The predicted octanol–water partition coefficient (Wildman–Crippen LogP) is 4.39. The van der Waals surface area contributed by atoms with Crippen molar-refractivity contribution < 1.29 is 13.9 Å². The molecule has 0 saturated carbocycles. The van der Waals surface area contributed by atoms with Crippen LogP contribution in [0.3, 0.4) is 0 Å². The van der Waals surface area contributed by atoms with Gasteiger partial charge in [0.25, 0.3) is 0 Å². The number of carbonyl (C=O) groups excluding carboxylic acids is 1. The number of hydrogen-bond donors (Lipinski definition) is 0. The normalized spacial score (nSPS) is 11.5. The van der Waals surface area contributed by atoms with E-state index in [9.17, 15) is 4.79 Å². The Kier molecular flexibility index (Phi) is 4.10. The van der Waals surface area contributed by atoms with Crippen LogP contribution in [0.25, 0.3) is 11.5 Å². The zero-order chi connectivity index (χ0) is 15.8. The number of aromatic nitrogens is 1. The number of carbonyl (C=O) groups is 1. The van der Waals surface area contributed by atoms with Gasteiger partial charge in [0.2, 0.25) is 11.7 Å². The highest BCUT2D eigenvalue weighted by Gasteiger charge is 2.30. The lowest BCUT2D eigenvalue weighted by Crippen LogP contribution is -2.17. The topological polar surface area (TPSA) is 52.3 Å². The second-order valence-corrected chi connectivity index (χ2v) is 6.31. The van der Waals surface area contributed by atoms with E-state index >= 15 is 0 Å². The molecule has 0 aliphatic heterocycles. The Morgan fingerprint density at radius 3 is 2.52 bits per heavy atom. The third kappa shape index (κ3) is 3.10. The highest BCUT2D eigenvalue weighted by Crippen LogP contribution is 2.32. The Morgan fingerprint density at radius 2 is 2.00 bits per heavy atom. The van der Waals surface area contributed by atoms with Gasteiger partial charge in [-0.25, -0.2) is 9.78 Å². The quantitative estimate of drug-likeness (QED) is 0.772. The number of hydrogen-bond acceptors (Lipinski definition) is 4. The maximum Gasteiger partial charge on any atom is 0.376 e. The molecule has 0 N–H and O–H groups in total. The fraction of sp³-hybridized carbons (Fsp3) is 0.375. The molecule has 1 aromatic carbocycles. The van der Waals surface area contributed by atoms with Gasteiger partial charge in [0.05, 0.1) is 7.11 Å². The zero-order valence-electron chi connectivity index (χ0n) is 12.8. The van der Waals surface area contributed by atoms with Gasteiger partial charge in [-0.2, -0.15) is 0 Å². The first kappa shape index (κ1) is 15.6. The Bertz CT molecular complexity index is 683. The van der Waals surface area contributed by atoms with Crippen LogP contribution in [-0.4, -0.2) is 18.1 Å². The van der Waals surface area contributed by atoms with E-state index in [1.165, 1.54) is 7.11 Å².